The van der Waals surface area contributed by atoms with Gasteiger partial charge < -0.3 is 9.13 Å². The van der Waals surface area contributed by atoms with E-state index in [0.717, 1.165) is 99.8 Å². The summed E-state index contributed by atoms with van der Waals surface area (Å²) >= 11 is 0. The molecule has 0 N–H and O–H groups in total. The summed E-state index contributed by atoms with van der Waals surface area (Å²) in [6.45, 7) is 0. The molecule has 0 aliphatic rings. The third-order valence-corrected chi connectivity index (χ3v) is 12.4. The van der Waals surface area contributed by atoms with Crippen LogP contribution in [0.3, 0.4) is 0 Å². The van der Waals surface area contributed by atoms with E-state index in [4.69, 9.17) is 19.9 Å². The van der Waals surface area contributed by atoms with E-state index in [1.54, 1.807) is 0 Å². The summed E-state index contributed by atoms with van der Waals surface area (Å²) < 4.78 is 6.78. The summed E-state index contributed by atoms with van der Waals surface area (Å²) in [6.07, 6.45) is 5.69. The number of nitrogens with zero attached hydrogens (tertiary/aromatic N) is 7. The Morgan fingerprint density at radius 1 is 0.302 bits per heavy atom. The number of fused-ring (bicyclic) bond motifs is 9. The summed E-state index contributed by atoms with van der Waals surface area (Å²) in [7, 11) is 0. The van der Waals surface area contributed by atoms with Crippen molar-refractivity contribution in [2.24, 2.45) is 0 Å². The van der Waals surface area contributed by atoms with Crippen molar-refractivity contribution in [1.29, 1.82) is 0 Å². The highest BCUT2D eigenvalue weighted by molar-refractivity contribution is 6.12. The first-order chi connectivity index (χ1) is 31.2. The molecule has 0 fully saturated rings. The summed E-state index contributed by atoms with van der Waals surface area (Å²) in [5.41, 5.74) is 15.5. The van der Waals surface area contributed by atoms with Crippen molar-refractivity contribution in [3.63, 3.8) is 0 Å². The Hall–Kier alpha value is -8.68. The van der Waals surface area contributed by atoms with Gasteiger partial charge in [-0.2, -0.15) is 0 Å². The van der Waals surface area contributed by atoms with Gasteiger partial charge in [0.15, 0.2) is 0 Å². The van der Waals surface area contributed by atoms with E-state index in [9.17, 15) is 0 Å². The lowest BCUT2D eigenvalue weighted by atomic mass is 10.0. The second-order valence-corrected chi connectivity index (χ2v) is 16.0. The first-order valence-corrected chi connectivity index (χ1v) is 21.1. The van der Waals surface area contributed by atoms with Gasteiger partial charge in [0, 0.05) is 44.3 Å². The Morgan fingerprint density at radius 2 is 0.762 bits per heavy atom. The second kappa shape index (κ2) is 13.9. The molecule has 63 heavy (non-hydrogen) atoms. The van der Waals surface area contributed by atoms with Crippen molar-refractivity contribution in [2.45, 2.75) is 0 Å². The van der Waals surface area contributed by atoms with Gasteiger partial charge in [-0.05, 0) is 65.7 Å². The first kappa shape index (κ1) is 35.1. The molecule has 0 amide bonds. The van der Waals surface area contributed by atoms with Crippen LogP contribution < -0.4 is 0 Å². The molecule has 7 nitrogen and oxygen atoms in total. The largest absolute Gasteiger partial charge is 0.309 e. The molecular formula is C56H35N7. The van der Waals surface area contributed by atoms with Gasteiger partial charge in [0.05, 0.1) is 73.8 Å². The predicted molar refractivity (Wildman–Crippen MR) is 257 cm³/mol. The lowest BCUT2D eigenvalue weighted by Gasteiger charge is -2.14. The Kier molecular flexibility index (Phi) is 7.77. The monoisotopic (exact) mass is 805 g/mol. The van der Waals surface area contributed by atoms with Crippen LogP contribution in [0.1, 0.15) is 0 Å². The molecule has 0 bridgehead atoms. The van der Waals surface area contributed by atoms with Crippen molar-refractivity contribution in [3.8, 4) is 51.0 Å². The molecule has 0 atom stereocenters. The maximum absolute atomic E-state index is 5.20. The van der Waals surface area contributed by atoms with E-state index in [2.05, 4.69) is 190 Å². The van der Waals surface area contributed by atoms with E-state index in [1.165, 1.54) is 10.8 Å². The molecule has 0 saturated carbocycles. The zero-order valence-corrected chi connectivity index (χ0v) is 33.8. The molecule has 0 spiro atoms. The second-order valence-electron chi connectivity index (χ2n) is 16.0. The number of hydrogen-bond donors (Lipinski definition) is 0. The molecule has 6 aromatic heterocycles. The van der Waals surface area contributed by atoms with Gasteiger partial charge in [-0.3, -0.25) is 9.55 Å². The normalized spacial score (nSPS) is 11.8. The van der Waals surface area contributed by atoms with E-state index in [0.29, 0.717) is 5.95 Å². The van der Waals surface area contributed by atoms with Crippen LogP contribution in [0.25, 0.3) is 117 Å². The summed E-state index contributed by atoms with van der Waals surface area (Å²) in [6, 6.07) is 68.6. The highest BCUT2D eigenvalue weighted by atomic mass is 15.2. The fourth-order valence-electron chi connectivity index (χ4n) is 9.56. The minimum Gasteiger partial charge on any atom is -0.309 e. The first-order valence-electron chi connectivity index (χ1n) is 21.1. The number of rotatable bonds is 6. The predicted octanol–water partition coefficient (Wildman–Crippen LogP) is 13.6. The van der Waals surface area contributed by atoms with Gasteiger partial charge in [0.2, 0.25) is 5.95 Å². The molecule has 0 aliphatic heterocycles. The van der Waals surface area contributed by atoms with Gasteiger partial charge >= 0.3 is 0 Å². The minimum atomic E-state index is 0.609. The zero-order valence-electron chi connectivity index (χ0n) is 33.8. The van der Waals surface area contributed by atoms with Gasteiger partial charge in [0.25, 0.3) is 0 Å². The van der Waals surface area contributed by atoms with Crippen LogP contribution in [-0.4, -0.2) is 33.6 Å². The summed E-state index contributed by atoms with van der Waals surface area (Å²) in [4.78, 5) is 20.1. The molecule has 6 heterocycles. The number of benzene rings is 7. The molecule has 0 unspecified atom stereocenters. The maximum Gasteiger partial charge on any atom is 0.234 e. The van der Waals surface area contributed by atoms with Crippen LogP contribution in [0.4, 0.5) is 0 Å². The van der Waals surface area contributed by atoms with Crippen LogP contribution in [0.15, 0.2) is 213 Å². The number of pyridine rings is 2. The van der Waals surface area contributed by atoms with E-state index in [-0.39, 0.29) is 0 Å². The lowest BCUT2D eigenvalue weighted by molar-refractivity contribution is 0.967. The number of para-hydroxylation sites is 3. The summed E-state index contributed by atoms with van der Waals surface area (Å²) in [5, 5.41) is 5.78. The molecule has 7 heteroatoms. The fraction of sp³-hybridized carbons (Fsp3) is 0. The van der Waals surface area contributed by atoms with Gasteiger partial charge in [-0.15, -0.1) is 0 Å². The fourth-order valence-corrected chi connectivity index (χ4v) is 9.56. The third-order valence-electron chi connectivity index (χ3n) is 12.4. The lowest BCUT2D eigenvalue weighted by Crippen LogP contribution is -2.03. The molecule has 0 radical (unpaired) electrons. The molecule has 0 saturated heterocycles. The van der Waals surface area contributed by atoms with E-state index in [1.807, 2.05) is 36.8 Å². The van der Waals surface area contributed by atoms with Crippen molar-refractivity contribution in [3.05, 3.63) is 213 Å². The number of aromatic nitrogens is 7. The third kappa shape index (κ3) is 5.53. The van der Waals surface area contributed by atoms with Crippen molar-refractivity contribution < 1.29 is 0 Å². The summed E-state index contributed by atoms with van der Waals surface area (Å²) in [5.74, 6) is 0.609. The smallest absolute Gasteiger partial charge is 0.234 e. The molecule has 0 aliphatic carbocycles. The Labute approximate surface area is 361 Å². The quantitative estimate of drug-likeness (QED) is 0.168. The van der Waals surface area contributed by atoms with Crippen molar-refractivity contribution >= 4 is 65.5 Å². The zero-order chi connectivity index (χ0) is 41.4. The highest BCUT2D eigenvalue weighted by Crippen LogP contribution is 2.39. The molecular weight excluding hydrogens is 771 g/mol. The maximum atomic E-state index is 5.20. The standard InChI is InChI=1S/C56H35N7/c1-3-14-36(15-4-1)47-32-40(33-48(60-47)37-16-5-2-6-17-37)61-49-21-10-7-18-42(49)44-27-25-38(30-53(44)61)39-26-28-45-43-19-8-11-22-50(43)63(54(45)31-39)56-58-34-41(35-59-56)62-51-23-12-9-20-46(51)55-52(62)24-13-29-57-55/h1-35H. The van der Waals surface area contributed by atoms with Crippen LogP contribution in [0.5, 0.6) is 0 Å². The molecule has 7 aromatic carbocycles. The Bertz CT molecular complexity index is 3790. The topological polar surface area (TPSA) is 66.3 Å². The SMILES string of the molecule is c1ccc(-c2cc(-n3c4ccccc4c4ccc(-c5ccc6c7ccccc7n(-c7ncc(-n8c9ccccc9c9ncccc98)cn7)c6c5)cc43)cc(-c3ccccc3)n2)cc1. The van der Waals surface area contributed by atoms with Crippen molar-refractivity contribution in [2.75, 3.05) is 0 Å². The van der Waals surface area contributed by atoms with Crippen LogP contribution in [-0.2, 0) is 0 Å². The average Bonchev–Trinajstić information content (AvgIpc) is 4.00. The van der Waals surface area contributed by atoms with Gasteiger partial charge in [-0.25, -0.2) is 15.0 Å². The van der Waals surface area contributed by atoms with Gasteiger partial charge in [0.1, 0.15) is 0 Å². The Balaban J connectivity index is 0.981. The number of hydrogen-bond acceptors (Lipinski definition) is 4. The highest BCUT2D eigenvalue weighted by Gasteiger charge is 2.19. The van der Waals surface area contributed by atoms with E-state index >= 15 is 0 Å². The van der Waals surface area contributed by atoms with Gasteiger partial charge in [-0.1, -0.05) is 140 Å². The van der Waals surface area contributed by atoms with E-state index < -0.39 is 0 Å². The molecule has 294 valence electrons. The van der Waals surface area contributed by atoms with Crippen LogP contribution in [0.2, 0.25) is 0 Å². The van der Waals surface area contributed by atoms with Crippen LogP contribution >= 0.6 is 0 Å². The Morgan fingerprint density at radius 3 is 1.37 bits per heavy atom. The molecule has 13 aromatic rings. The van der Waals surface area contributed by atoms with Crippen LogP contribution in [0, 0.1) is 0 Å². The van der Waals surface area contributed by atoms with Crippen molar-refractivity contribution in [1.82, 2.24) is 33.6 Å². The molecule has 13 rings (SSSR count). The average molecular weight is 806 g/mol. The minimum absolute atomic E-state index is 0.609.